The van der Waals surface area contributed by atoms with Gasteiger partial charge in [0.1, 0.15) is 6.23 Å². The van der Waals surface area contributed by atoms with E-state index in [0.29, 0.717) is 18.4 Å². The van der Waals surface area contributed by atoms with E-state index in [4.69, 9.17) is 19.0 Å². The zero-order chi connectivity index (χ0) is 23.8. The standard InChI is InChI=1S/C13H23N2O12P3S/c1-13(2,3)9-6-15(12(17)14-11(9)16)10-5-4-8(25-10)7-24-30(23,31)27-29(21,22)26-28(18,19)20/h6,8,10H,4-5,7H2,1-3H3,(H,21,22)(H,23,31)(H,14,16,17)(H2,18,19,20)/t8-,10+,30?/m0/s1. The number of hydrogen-bond donors (Lipinski definition) is 5. The first-order valence-corrected chi connectivity index (χ1v) is 14.3. The van der Waals surface area contributed by atoms with Gasteiger partial charge < -0.3 is 28.8 Å². The molecule has 4 atom stereocenters. The summed E-state index contributed by atoms with van der Waals surface area (Å²) in [7, 11) is -10.8. The maximum atomic E-state index is 12.2. The molecule has 0 aromatic carbocycles. The largest absolute Gasteiger partial charge is 0.488 e. The predicted octanol–water partition coefficient (Wildman–Crippen LogP) is 0.971. The molecule has 2 rings (SSSR count). The zero-order valence-corrected chi connectivity index (χ0v) is 20.1. The first kappa shape index (κ1) is 26.7. The van der Waals surface area contributed by atoms with Gasteiger partial charge in [0.25, 0.3) is 5.56 Å². The highest BCUT2D eigenvalue weighted by molar-refractivity contribution is 8.08. The summed E-state index contributed by atoms with van der Waals surface area (Å²) in [5, 5.41) is 0. The van der Waals surface area contributed by atoms with Crippen molar-refractivity contribution in [3.8, 4) is 0 Å². The highest BCUT2D eigenvalue weighted by atomic mass is 32.5. The lowest BCUT2D eigenvalue weighted by atomic mass is 9.89. The van der Waals surface area contributed by atoms with Crippen LogP contribution in [0.25, 0.3) is 0 Å². The van der Waals surface area contributed by atoms with E-state index >= 15 is 0 Å². The van der Waals surface area contributed by atoms with Gasteiger partial charge in [0, 0.05) is 11.8 Å². The minimum Gasteiger partial charge on any atom is -0.352 e. The number of aromatic amines is 1. The first-order valence-electron chi connectivity index (χ1n) is 8.68. The third-order valence-electron chi connectivity index (χ3n) is 4.01. The summed E-state index contributed by atoms with van der Waals surface area (Å²) in [6, 6.07) is 0. The molecule has 0 aliphatic carbocycles. The molecule has 1 aliphatic rings. The van der Waals surface area contributed by atoms with Gasteiger partial charge in [-0.05, 0) is 30.1 Å². The molecule has 1 aromatic rings. The number of H-pyrrole nitrogens is 1. The van der Waals surface area contributed by atoms with Crippen LogP contribution < -0.4 is 11.2 Å². The van der Waals surface area contributed by atoms with Crippen LogP contribution in [0.4, 0.5) is 0 Å². The molecule has 0 bridgehead atoms. The molecule has 18 heteroatoms. The molecular weight excluding hydrogens is 501 g/mol. The number of nitrogens with zero attached hydrogens (tertiary/aromatic N) is 1. The van der Waals surface area contributed by atoms with Gasteiger partial charge in [0.15, 0.2) is 0 Å². The normalized spacial score (nSPS) is 24.0. The third-order valence-corrected chi connectivity index (χ3v) is 8.73. The average Bonchev–Trinajstić information content (AvgIpc) is 2.97. The summed E-state index contributed by atoms with van der Waals surface area (Å²) < 4.78 is 41.7. The van der Waals surface area contributed by atoms with E-state index in [9.17, 15) is 28.5 Å². The van der Waals surface area contributed by atoms with Gasteiger partial charge in [0.2, 0.25) is 0 Å². The van der Waals surface area contributed by atoms with Crippen LogP contribution in [0.15, 0.2) is 15.8 Å². The zero-order valence-electron chi connectivity index (χ0n) is 16.6. The highest BCUT2D eigenvalue weighted by Gasteiger charge is 2.39. The van der Waals surface area contributed by atoms with Crippen molar-refractivity contribution in [1.29, 1.82) is 0 Å². The van der Waals surface area contributed by atoms with E-state index < -0.39 is 58.0 Å². The maximum absolute atomic E-state index is 12.2. The van der Waals surface area contributed by atoms with Crippen LogP contribution in [0.5, 0.6) is 0 Å². The van der Waals surface area contributed by atoms with Crippen molar-refractivity contribution in [2.75, 3.05) is 6.61 Å². The van der Waals surface area contributed by atoms with Crippen LogP contribution in [-0.4, -0.2) is 41.8 Å². The van der Waals surface area contributed by atoms with Gasteiger partial charge in [0.05, 0.1) is 12.7 Å². The van der Waals surface area contributed by atoms with Crippen LogP contribution in [0.1, 0.15) is 45.4 Å². The van der Waals surface area contributed by atoms with Crippen LogP contribution in [-0.2, 0) is 44.2 Å². The van der Waals surface area contributed by atoms with E-state index in [1.165, 1.54) is 10.8 Å². The van der Waals surface area contributed by atoms with Gasteiger partial charge >= 0.3 is 28.1 Å². The smallest absolute Gasteiger partial charge is 0.352 e. The summed E-state index contributed by atoms with van der Waals surface area (Å²) in [6.07, 6.45) is 0.639. The summed E-state index contributed by atoms with van der Waals surface area (Å²) in [6.45, 7) is 0.578. The van der Waals surface area contributed by atoms with Crippen LogP contribution >= 0.6 is 22.4 Å². The fourth-order valence-corrected chi connectivity index (χ4v) is 6.72. The number of ether oxygens (including phenoxy) is 1. The monoisotopic (exact) mass is 524 g/mol. The third kappa shape index (κ3) is 8.08. The molecule has 1 aromatic heterocycles. The molecule has 2 heterocycles. The first-order chi connectivity index (χ1) is 13.9. The number of rotatable bonds is 8. The van der Waals surface area contributed by atoms with E-state index in [1.54, 1.807) is 0 Å². The second kappa shape index (κ2) is 9.38. The Labute approximate surface area is 181 Å². The SMILES string of the molecule is CC(C)(C)c1cn([C@H]2CC[C@@H](COP(O)(=S)OP(=O)(O)OP(=O)(O)O)O2)c(=O)[nH]c1=O. The Morgan fingerprint density at radius 2 is 1.81 bits per heavy atom. The Morgan fingerprint density at radius 3 is 2.35 bits per heavy atom. The van der Waals surface area contributed by atoms with Crippen molar-refractivity contribution in [3.05, 3.63) is 32.6 Å². The van der Waals surface area contributed by atoms with Crippen molar-refractivity contribution in [3.63, 3.8) is 0 Å². The van der Waals surface area contributed by atoms with Gasteiger partial charge in [-0.25, -0.2) is 18.2 Å². The average molecular weight is 524 g/mol. The summed E-state index contributed by atoms with van der Waals surface area (Å²) in [5.74, 6) is 0. The molecule has 1 fully saturated rings. The fraction of sp³-hybridized carbons (Fsp3) is 0.692. The Morgan fingerprint density at radius 1 is 1.19 bits per heavy atom. The van der Waals surface area contributed by atoms with E-state index in [2.05, 4.69) is 25.4 Å². The highest BCUT2D eigenvalue weighted by Crippen LogP contribution is 2.66. The van der Waals surface area contributed by atoms with Crippen molar-refractivity contribution in [2.24, 2.45) is 0 Å². The lowest BCUT2D eigenvalue weighted by Crippen LogP contribution is -2.37. The Kier molecular flexibility index (Phi) is 8.08. The molecule has 5 N–H and O–H groups in total. The molecule has 31 heavy (non-hydrogen) atoms. The minimum atomic E-state index is -5.40. The van der Waals surface area contributed by atoms with Crippen molar-refractivity contribution >= 4 is 34.2 Å². The van der Waals surface area contributed by atoms with Crippen LogP contribution in [0.3, 0.4) is 0 Å². The molecule has 1 aliphatic heterocycles. The van der Waals surface area contributed by atoms with Gasteiger partial charge in [-0.15, -0.1) is 0 Å². The number of nitrogens with one attached hydrogen (secondary N) is 1. The van der Waals surface area contributed by atoms with Crippen molar-refractivity contribution in [1.82, 2.24) is 9.55 Å². The Balaban J connectivity index is 2.04. The number of phosphoric acid groups is 2. The quantitative estimate of drug-likeness (QED) is 0.301. The molecule has 0 spiro atoms. The summed E-state index contributed by atoms with van der Waals surface area (Å²) in [4.78, 5) is 62.7. The molecular formula is C13H23N2O12P3S. The van der Waals surface area contributed by atoms with Gasteiger partial charge in [-0.3, -0.25) is 14.3 Å². The van der Waals surface area contributed by atoms with E-state index in [-0.39, 0.29) is 0 Å². The maximum Gasteiger partial charge on any atom is 0.488 e. The van der Waals surface area contributed by atoms with E-state index in [0.717, 1.165) is 0 Å². The van der Waals surface area contributed by atoms with Crippen molar-refractivity contribution < 1.29 is 46.6 Å². The molecule has 2 unspecified atom stereocenters. The molecule has 178 valence electrons. The molecule has 0 saturated carbocycles. The molecule has 14 nitrogen and oxygen atoms in total. The number of aromatic nitrogens is 2. The molecule has 1 saturated heterocycles. The Bertz CT molecular complexity index is 1070. The lowest BCUT2D eigenvalue weighted by molar-refractivity contribution is -0.0220. The van der Waals surface area contributed by atoms with Crippen LogP contribution in [0, 0.1) is 0 Å². The van der Waals surface area contributed by atoms with E-state index in [1.807, 2.05) is 20.8 Å². The summed E-state index contributed by atoms with van der Waals surface area (Å²) >= 11 is 4.54. The predicted molar refractivity (Wildman–Crippen MR) is 110 cm³/mol. The summed E-state index contributed by atoms with van der Waals surface area (Å²) in [5.41, 5.74) is -1.33. The fourth-order valence-electron chi connectivity index (χ4n) is 2.73. The Hall–Kier alpha value is -0.530. The molecule has 0 radical (unpaired) electrons. The topological polar surface area (TPSA) is 207 Å². The second-order valence-electron chi connectivity index (χ2n) is 7.64. The van der Waals surface area contributed by atoms with Crippen LogP contribution in [0.2, 0.25) is 0 Å². The molecule has 0 amide bonds. The van der Waals surface area contributed by atoms with Gasteiger partial charge in [-0.1, -0.05) is 20.8 Å². The van der Waals surface area contributed by atoms with Gasteiger partial charge in [-0.2, -0.15) is 4.31 Å². The number of hydrogen-bond acceptors (Lipinski definition) is 9. The minimum absolute atomic E-state index is 0.339. The lowest BCUT2D eigenvalue weighted by Gasteiger charge is -2.22. The second-order valence-corrected chi connectivity index (χ2v) is 13.4. The van der Waals surface area contributed by atoms with Crippen molar-refractivity contribution in [2.45, 2.75) is 51.4 Å².